The number of aromatic nitrogens is 2. The number of halogens is 1. The molecule has 4 rings (SSSR count). The van der Waals surface area contributed by atoms with Gasteiger partial charge in [-0.2, -0.15) is 4.98 Å². The average molecular weight is 848 g/mol. The van der Waals surface area contributed by atoms with E-state index in [1.54, 1.807) is 19.2 Å². The predicted octanol–water partition coefficient (Wildman–Crippen LogP) is 3.58. The molecule has 0 radical (unpaired) electrons. The van der Waals surface area contributed by atoms with Crippen LogP contribution in [-0.2, 0) is 33.4 Å². The Morgan fingerprint density at radius 3 is 1.98 bits per heavy atom. The monoisotopic (exact) mass is 847 g/mol. The number of carboxylic acids is 3. The minimum atomic E-state index is -1.29. The number of allylic oxidation sites excluding steroid dienone is 1. The number of hydrogen-bond acceptors (Lipinski definition) is 14. The maximum atomic E-state index is 13.4. The zero-order chi connectivity index (χ0) is 43.6. The Balaban J connectivity index is 0.000000393. The van der Waals surface area contributed by atoms with E-state index in [-0.39, 0.29) is 55.6 Å². The van der Waals surface area contributed by atoms with Crippen molar-refractivity contribution >= 4 is 47.2 Å². The lowest BCUT2D eigenvalue weighted by atomic mass is 10.1. The van der Waals surface area contributed by atoms with Crippen molar-refractivity contribution in [1.29, 1.82) is 0 Å². The molecule has 330 valence electrons. The Labute approximate surface area is 342 Å². The quantitative estimate of drug-likeness (QED) is 0.0729. The topological polar surface area (TPSA) is 295 Å². The molecule has 2 saturated heterocycles. The number of rotatable bonds is 20. The minimum Gasteiger partial charge on any atom is -0.481 e. The highest BCUT2D eigenvalue weighted by Crippen LogP contribution is 2.30. The summed E-state index contributed by atoms with van der Waals surface area (Å²) in [5.41, 5.74) is 10.1. The Bertz CT molecular complexity index is 1520. The van der Waals surface area contributed by atoms with Crippen LogP contribution in [0.25, 0.3) is 0 Å². The molecule has 6 atom stereocenters. The predicted molar refractivity (Wildman–Crippen MR) is 213 cm³/mol. The van der Waals surface area contributed by atoms with Crippen molar-refractivity contribution in [2.75, 3.05) is 24.7 Å². The van der Waals surface area contributed by atoms with Gasteiger partial charge in [-0.1, -0.05) is 71.1 Å². The van der Waals surface area contributed by atoms with Crippen LogP contribution in [0.15, 0.2) is 28.8 Å². The first-order valence-corrected chi connectivity index (χ1v) is 20.7. The molecule has 4 unspecified atom stereocenters. The van der Waals surface area contributed by atoms with E-state index in [2.05, 4.69) is 11.9 Å². The largest absolute Gasteiger partial charge is 0.481 e. The second-order valence-corrected chi connectivity index (χ2v) is 15.1. The number of aliphatic carboxylic acids is 3. The first-order chi connectivity index (χ1) is 27.5. The summed E-state index contributed by atoms with van der Waals surface area (Å²) in [4.78, 5) is 69.3. The SMILES string of the molecule is CC1=CN(C2CC(F)C(CO)O2)C(=O)CC1=O.CCCCCCCCCCCCCC(=O)O.NC(CCC(=O)O)C(=O)O.Nc1ccn([C@@H]2CS[C@H](CO)O2)c(=O)n1. The van der Waals surface area contributed by atoms with Crippen molar-refractivity contribution in [3.8, 4) is 0 Å². The third-order valence-electron chi connectivity index (χ3n) is 9.05. The van der Waals surface area contributed by atoms with E-state index in [1.165, 1.54) is 85.2 Å². The smallest absolute Gasteiger partial charge is 0.351 e. The fourth-order valence-corrected chi connectivity index (χ4v) is 6.59. The number of aliphatic hydroxyl groups is 2. The number of nitrogen functional groups attached to an aromatic ring is 1. The highest BCUT2D eigenvalue weighted by molar-refractivity contribution is 8.00. The number of amides is 1. The molecule has 0 aromatic carbocycles. The zero-order valence-corrected chi connectivity index (χ0v) is 34.2. The van der Waals surface area contributed by atoms with Crippen LogP contribution >= 0.6 is 11.8 Å². The number of aliphatic hydroxyl groups excluding tert-OH is 2. The van der Waals surface area contributed by atoms with E-state index in [1.807, 2.05) is 0 Å². The van der Waals surface area contributed by atoms with Gasteiger partial charge in [0.05, 0.1) is 19.6 Å². The highest BCUT2D eigenvalue weighted by atomic mass is 32.2. The van der Waals surface area contributed by atoms with Gasteiger partial charge in [-0.15, -0.1) is 11.8 Å². The third-order valence-corrected chi connectivity index (χ3v) is 10.2. The Kier molecular flexibility index (Phi) is 26.3. The van der Waals surface area contributed by atoms with E-state index >= 15 is 0 Å². The van der Waals surface area contributed by atoms with Crippen molar-refractivity contribution in [3.63, 3.8) is 0 Å². The Morgan fingerprint density at radius 2 is 1.50 bits per heavy atom. The number of ether oxygens (including phenoxy) is 2. The van der Waals surface area contributed by atoms with Crippen LogP contribution < -0.4 is 17.2 Å². The summed E-state index contributed by atoms with van der Waals surface area (Å²) < 4.78 is 25.4. The number of alkyl halides is 1. The fourth-order valence-electron chi connectivity index (χ4n) is 5.66. The normalized spacial score (nSPS) is 21.7. The van der Waals surface area contributed by atoms with Gasteiger partial charge in [0, 0.05) is 43.0 Å². The average Bonchev–Trinajstić information content (AvgIpc) is 3.81. The number of Topliss-reactive ketones (excluding diaryl/α,β-unsaturated/α-hetero) is 1. The summed E-state index contributed by atoms with van der Waals surface area (Å²) in [6.07, 6.45) is 13.6. The molecule has 4 heterocycles. The second kappa shape index (κ2) is 29.3. The maximum absolute atomic E-state index is 13.4. The molecular weight excluding hydrogens is 786 g/mol. The number of unbranched alkanes of at least 4 members (excludes halogenated alkanes) is 10. The van der Waals surface area contributed by atoms with Gasteiger partial charge in [0.2, 0.25) is 5.91 Å². The lowest BCUT2D eigenvalue weighted by Crippen LogP contribution is -2.40. The van der Waals surface area contributed by atoms with Crippen molar-refractivity contribution in [2.24, 2.45) is 5.73 Å². The number of carboxylic acid groups (broad SMARTS) is 3. The molecule has 0 saturated carbocycles. The molecule has 3 aliphatic heterocycles. The number of thioether (sulfide) groups is 1. The summed E-state index contributed by atoms with van der Waals surface area (Å²) in [5.74, 6) is -2.65. The van der Waals surface area contributed by atoms with Crippen LogP contribution in [-0.4, -0.2) is 119 Å². The number of ketones is 1. The van der Waals surface area contributed by atoms with Gasteiger partial charge in [0.1, 0.15) is 42.0 Å². The first kappa shape index (κ1) is 52.1. The van der Waals surface area contributed by atoms with Crippen molar-refractivity contribution in [2.45, 2.75) is 153 Å². The molecule has 20 heteroatoms. The molecular formula is C38H62FN5O13S. The van der Waals surface area contributed by atoms with Gasteiger partial charge in [0.15, 0.2) is 5.78 Å². The van der Waals surface area contributed by atoms with E-state index in [4.69, 9.17) is 46.5 Å². The summed E-state index contributed by atoms with van der Waals surface area (Å²) in [5, 5.41) is 42.5. The van der Waals surface area contributed by atoms with Gasteiger partial charge in [-0.05, 0) is 25.8 Å². The van der Waals surface area contributed by atoms with E-state index < -0.39 is 60.7 Å². The van der Waals surface area contributed by atoms with E-state index in [0.717, 1.165) is 12.8 Å². The van der Waals surface area contributed by atoms with Crippen LogP contribution in [0.3, 0.4) is 0 Å². The molecule has 1 aromatic heterocycles. The standard InChI is InChI=1S/C14H28O2.C11H14FNO4.C8H11N3O3S.C5H9NO4/c1-2-3-4-5-6-7-8-9-10-11-12-13-14(15)16;1-6-4-13(10(16)3-8(6)15)11-2-7(12)9(5-14)17-11;9-5-1-2-11(8(13)10-5)6-4-15-7(3-12)14-6;6-3(5(9)10)1-2-4(7)8/h2-13H2,1H3,(H,15,16);4,7,9,11,14H,2-3,5H2,1H3;1-2,6-7,12H,3-4H2,(H2,9,10,13);3H,1-2,6H2,(H,7,8)(H,9,10)/t;;6-,7+;/m..0./s1. The van der Waals surface area contributed by atoms with Crippen molar-refractivity contribution in [1.82, 2.24) is 14.5 Å². The Morgan fingerprint density at radius 1 is 0.914 bits per heavy atom. The molecule has 58 heavy (non-hydrogen) atoms. The van der Waals surface area contributed by atoms with Crippen molar-refractivity contribution < 1.29 is 63.4 Å². The first-order valence-electron chi connectivity index (χ1n) is 19.6. The fraction of sp³-hybridized carbons (Fsp3) is 0.711. The highest BCUT2D eigenvalue weighted by Gasteiger charge is 2.40. The van der Waals surface area contributed by atoms with Crippen LogP contribution in [0.5, 0.6) is 0 Å². The van der Waals surface area contributed by atoms with Gasteiger partial charge in [-0.3, -0.25) is 33.4 Å². The van der Waals surface area contributed by atoms with E-state index in [0.29, 0.717) is 17.7 Å². The minimum absolute atomic E-state index is 0.0228. The number of nitrogens with two attached hydrogens (primary N) is 2. The molecule has 0 aliphatic carbocycles. The summed E-state index contributed by atoms with van der Waals surface area (Å²) >= 11 is 1.47. The molecule has 3 aliphatic rings. The number of hydrogen-bond donors (Lipinski definition) is 7. The molecule has 0 spiro atoms. The van der Waals surface area contributed by atoms with Gasteiger partial charge < -0.3 is 46.5 Å². The lowest BCUT2D eigenvalue weighted by molar-refractivity contribution is -0.145. The van der Waals surface area contributed by atoms with Crippen LogP contribution in [0, 0.1) is 0 Å². The number of anilines is 1. The van der Waals surface area contributed by atoms with Crippen LogP contribution in [0.1, 0.15) is 123 Å². The van der Waals surface area contributed by atoms with Crippen LogP contribution in [0.2, 0.25) is 0 Å². The van der Waals surface area contributed by atoms with Crippen molar-refractivity contribution in [3.05, 3.63) is 34.5 Å². The summed E-state index contributed by atoms with van der Waals surface area (Å²) in [7, 11) is 0. The van der Waals surface area contributed by atoms with Gasteiger partial charge in [-0.25, -0.2) is 9.18 Å². The number of carbonyl (C=O) groups excluding carboxylic acids is 2. The Hall–Kier alpha value is -3.95. The van der Waals surface area contributed by atoms with Crippen LogP contribution in [0.4, 0.5) is 10.2 Å². The molecule has 1 amide bonds. The molecule has 0 bridgehead atoms. The number of carbonyl (C=O) groups is 5. The van der Waals surface area contributed by atoms with Gasteiger partial charge in [0.25, 0.3) is 0 Å². The molecule has 9 N–H and O–H groups in total. The summed E-state index contributed by atoms with van der Waals surface area (Å²) in [6, 6.07) is 0.484. The lowest BCUT2D eigenvalue weighted by Gasteiger charge is -2.28. The molecule has 18 nitrogen and oxygen atoms in total. The van der Waals surface area contributed by atoms with E-state index in [9.17, 15) is 33.2 Å². The molecule has 1 aromatic rings. The molecule has 2 fully saturated rings. The summed E-state index contributed by atoms with van der Waals surface area (Å²) in [6.45, 7) is 3.38. The second-order valence-electron chi connectivity index (χ2n) is 13.9. The number of nitrogens with zero attached hydrogens (tertiary/aromatic N) is 3. The van der Waals surface area contributed by atoms with Gasteiger partial charge >= 0.3 is 23.6 Å². The third kappa shape index (κ3) is 21.2. The maximum Gasteiger partial charge on any atom is 0.351 e. The zero-order valence-electron chi connectivity index (χ0n) is 33.4.